The van der Waals surface area contributed by atoms with Crippen LogP contribution in [0.2, 0.25) is 0 Å². The third-order valence-electron chi connectivity index (χ3n) is 1.51. The Morgan fingerprint density at radius 2 is 2.07 bits per heavy atom. The molecule has 0 atom stereocenters. The number of esters is 1. The quantitative estimate of drug-likeness (QED) is 0.259. The van der Waals surface area contributed by atoms with E-state index < -0.39 is 0 Å². The normalized spacial score (nSPS) is 9.50. The summed E-state index contributed by atoms with van der Waals surface area (Å²) < 4.78 is 10.0. The van der Waals surface area contributed by atoms with Crippen LogP contribution in [0.4, 0.5) is 0 Å². The second-order valence-corrected chi connectivity index (χ2v) is 2.96. The van der Waals surface area contributed by atoms with Crippen molar-refractivity contribution in [3.8, 4) is 0 Å². The average Bonchev–Trinajstić information content (AvgIpc) is 2.16. The number of hydrogen-bond donors (Lipinski definition) is 0. The summed E-state index contributed by atoms with van der Waals surface area (Å²) in [6, 6.07) is 0. The summed E-state index contributed by atoms with van der Waals surface area (Å²) in [6.45, 7) is 10.1. The predicted octanol–water partition coefficient (Wildman–Crippen LogP) is 2.09. The first-order valence-corrected chi connectivity index (χ1v) is 4.69. The Morgan fingerprint density at radius 3 is 2.64 bits per heavy atom. The second-order valence-electron chi connectivity index (χ2n) is 2.96. The lowest BCUT2D eigenvalue weighted by molar-refractivity contribution is -0.140. The van der Waals surface area contributed by atoms with Crippen molar-refractivity contribution in [3.05, 3.63) is 24.8 Å². The van der Waals surface area contributed by atoms with Crippen molar-refractivity contribution < 1.29 is 14.3 Å². The zero-order valence-corrected chi connectivity index (χ0v) is 8.75. The Labute approximate surface area is 85.4 Å². The fourth-order valence-electron chi connectivity index (χ4n) is 0.748. The summed E-state index contributed by atoms with van der Waals surface area (Å²) in [7, 11) is 0. The lowest BCUT2D eigenvalue weighted by atomic mass is 10.3. The molecular weight excluding hydrogens is 180 g/mol. The molecule has 0 aromatic heterocycles. The first-order valence-electron chi connectivity index (χ1n) is 4.69. The van der Waals surface area contributed by atoms with E-state index in [1.807, 2.05) is 6.08 Å². The van der Waals surface area contributed by atoms with Gasteiger partial charge in [-0.15, -0.1) is 6.58 Å². The van der Waals surface area contributed by atoms with E-state index in [0.717, 1.165) is 12.8 Å². The monoisotopic (exact) mass is 198 g/mol. The number of rotatable bonds is 8. The molecule has 0 saturated heterocycles. The summed E-state index contributed by atoms with van der Waals surface area (Å²) in [5, 5.41) is 0. The largest absolute Gasteiger partial charge is 0.460 e. The number of carbonyl (C=O) groups excluding carboxylic acids is 1. The highest BCUT2D eigenvalue weighted by Crippen LogP contribution is 1.93. The molecular formula is C11H18O3. The van der Waals surface area contributed by atoms with E-state index in [1.54, 1.807) is 6.92 Å². The van der Waals surface area contributed by atoms with Crippen LogP contribution in [0.25, 0.3) is 0 Å². The molecule has 0 unspecified atom stereocenters. The van der Waals surface area contributed by atoms with E-state index >= 15 is 0 Å². The molecule has 0 aliphatic rings. The molecule has 0 saturated carbocycles. The van der Waals surface area contributed by atoms with Gasteiger partial charge in [0.1, 0.15) is 6.61 Å². The highest BCUT2D eigenvalue weighted by atomic mass is 16.6. The van der Waals surface area contributed by atoms with Gasteiger partial charge in [0.15, 0.2) is 0 Å². The maximum absolute atomic E-state index is 10.9. The molecule has 0 heterocycles. The third-order valence-corrected chi connectivity index (χ3v) is 1.51. The molecule has 0 amide bonds. The Morgan fingerprint density at radius 1 is 1.36 bits per heavy atom. The minimum Gasteiger partial charge on any atom is -0.460 e. The van der Waals surface area contributed by atoms with Crippen LogP contribution in [-0.4, -0.2) is 25.8 Å². The molecule has 0 aromatic rings. The van der Waals surface area contributed by atoms with Gasteiger partial charge < -0.3 is 9.47 Å². The summed E-state index contributed by atoms with van der Waals surface area (Å²) in [5.74, 6) is -0.361. The molecule has 0 aliphatic carbocycles. The molecule has 0 rings (SSSR count). The fraction of sp³-hybridized carbons (Fsp3) is 0.545. The Kier molecular flexibility index (Phi) is 7.84. The molecule has 0 radical (unpaired) electrons. The van der Waals surface area contributed by atoms with Gasteiger partial charge in [0.2, 0.25) is 0 Å². The van der Waals surface area contributed by atoms with Crippen LogP contribution in [0.15, 0.2) is 24.8 Å². The van der Waals surface area contributed by atoms with Gasteiger partial charge in [-0.25, -0.2) is 4.79 Å². The zero-order valence-electron chi connectivity index (χ0n) is 8.75. The van der Waals surface area contributed by atoms with Crippen molar-refractivity contribution in [2.45, 2.75) is 19.8 Å². The predicted molar refractivity (Wildman–Crippen MR) is 56.0 cm³/mol. The van der Waals surface area contributed by atoms with Crippen molar-refractivity contribution >= 4 is 5.97 Å². The zero-order chi connectivity index (χ0) is 10.8. The summed E-state index contributed by atoms with van der Waals surface area (Å²) in [6.07, 6.45) is 3.76. The Bertz CT molecular complexity index is 197. The van der Waals surface area contributed by atoms with Crippen LogP contribution in [0.1, 0.15) is 19.8 Å². The van der Waals surface area contributed by atoms with E-state index in [2.05, 4.69) is 13.2 Å². The molecule has 0 fully saturated rings. The number of ether oxygens (including phenoxy) is 2. The van der Waals surface area contributed by atoms with Crippen LogP contribution in [0.3, 0.4) is 0 Å². The van der Waals surface area contributed by atoms with Gasteiger partial charge in [0, 0.05) is 12.2 Å². The summed E-state index contributed by atoms with van der Waals surface area (Å²) >= 11 is 0. The SMILES string of the molecule is C=CCCCOCCOC(=O)C(=C)C. The number of unbranched alkanes of at least 4 members (excludes halogenated alkanes) is 1. The van der Waals surface area contributed by atoms with E-state index in [4.69, 9.17) is 9.47 Å². The molecule has 3 heteroatoms. The molecule has 0 N–H and O–H groups in total. The summed E-state index contributed by atoms with van der Waals surface area (Å²) in [5.41, 5.74) is 0.414. The van der Waals surface area contributed by atoms with Gasteiger partial charge in [-0.2, -0.15) is 0 Å². The minimum absolute atomic E-state index is 0.291. The second kappa shape index (κ2) is 8.51. The smallest absolute Gasteiger partial charge is 0.333 e. The Hall–Kier alpha value is -1.09. The Balaban J connectivity index is 3.17. The number of allylic oxidation sites excluding steroid dienone is 1. The van der Waals surface area contributed by atoms with Crippen molar-refractivity contribution in [3.63, 3.8) is 0 Å². The molecule has 14 heavy (non-hydrogen) atoms. The van der Waals surface area contributed by atoms with Gasteiger partial charge in [-0.1, -0.05) is 12.7 Å². The van der Waals surface area contributed by atoms with Crippen molar-refractivity contribution in [1.82, 2.24) is 0 Å². The fourth-order valence-corrected chi connectivity index (χ4v) is 0.748. The van der Waals surface area contributed by atoms with E-state index in [0.29, 0.717) is 25.4 Å². The average molecular weight is 198 g/mol. The lowest BCUT2D eigenvalue weighted by Crippen LogP contribution is -2.11. The number of carbonyl (C=O) groups is 1. The number of hydrogen-bond acceptors (Lipinski definition) is 3. The van der Waals surface area contributed by atoms with Crippen LogP contribution < -0.4 is 0 Å². The van der Waals surface area contributed by atoms with E-state index in [9.17, 15) is 4.79 Å². The van der Waals surface area contributed by atoms with Crippen molar-refractivity contribution in [2.75, 3.05) is 19.8 Å². The van der Waals surface area contributed by atoms with Gasteiger partial charge in [-0.3, -0.25) is 0 Å². The van der Waals surface area contributed by atoms with Crippen LogP contribution in [0.5, 0.6) is 0 Å². The van der Waals surface area contributed by atoms with Crippen molar-refractivity contribution in [1.29, 1.82) is 0 Å². The van der Waals surface area contributed by atoms with Gasteiger partial charge in [0.25, 0.3) is 0 Å². The first kappa shape index (κ1) is 12.9. The van der Waals surface area contributed by atoms with Crippen LogP contribution >= 0.6 is 0 Å². The lowest BCUT2D eigenvalue weighted by Gasteiger charge is -2.04. The van der Waals surface area contributed by atoms with Crippen LogP contribution in [0, 0.1) is 0 Å². The minimum atomic E-state index is -0.361. The highest BCUT2D eigenvalue weighted by molar-refractivity contribution is 5.86. The molecule has 0 aromatic carbocycles. The van der Waals surface area contributed by atoms with Gasteiger partial charge in [-0.05, 0) is 19.8 Å². The van der Waals surface area contributed by atoms with Crippen molar-refractivity contribution in [2.24, 2.45) is 0 Å². The van der Waals surface area contributed by atoms with Gasteiger partial charge >= 0.3 is 5.97 Å². The molecule has 80 valence electrons. The molecule has 3 nitrogen and oxygen atoms in total. The molecule has 0 aliphatic heterocycles. The maximum Gasteiger partial charge on any atom is 0.333 e. The first-order chi connectivity index (χ1) is 6.68. The highest BCUT2D eigenvalue weighted by Gasteiger charge is 2.01. The standard InChI is InChI=1S/C11H18O3/c1-4-5-6-7-13-8-9-14-11(12)10(2)3/h4H,1-2,5-9H2,3H3. The third kappa shape index (κ3) is 7.55. The molecule has 0 bridgehead atoms. The summed E-state index contributed by atoms with van der Waals surface area (Å²) in [4.78, 5) is 10.9. The van der Waals surface area contributed by atoms with E-state index in [1.165, 1.54) is 0 Å². The molecule has 0 spiro atoms. The van der Waals surface area contributed by atoms with Crippen LogP contribution in [-0.2, 0) is 14.3 Å². The van der Waals surface area contributed by atoms with Gasteiger partial charge in [0.05, 0.1) is 6.61 Å². The topological polar surface area (TPSA) is 35.5 Å². The van der Waals surface area contributed by atoms with E-state index in [-0.39, 0.29) is 5.97 Å². The maximum atomic E-state index is 10.9.